The predicted octanol–water partition coefficient (Wildman–Crippen LogP) is 2.28. The maximum absolute atomic E-state index is 4.34. The molecule has 0 bridgehead atoms. The van der Waals surface area contributed by atoms with Crippen LogP contribution in [0.2, 0.25) is 0 Å². The number of rotatable bonds is 1. The first-order chi connectivity index (χ1) is 6.13. The predicted molar refractivity (Wildman–Crippen MR) is 53.4 cm³/mol. The molecule has 13 heavy (non-hydrogen) atoms. The molecule has 1 heterocycles. The molecule has 0 saturated heterocycles. The lowest BCUT2D eigenvalue weighted by Gasteiger charge is -2.04. The van der Waals surface area contributed by atoms with Gasteiger partial charge in [0.15, 0.2) is 0 Å². The summed E-state index contributed by atoms with van der Waals surface area (Å²) < 4.78 is 0. The van der Waals surface area contributed by atoms with Crippen LogP contribution in [-0.4, -0.2) is 9.97 Å². The van der Waals surface area contributed by atoms with Crippen LogP contribution in [-0.2, 0) is 0 Å². The molecule has 0 aromatic carbocycles. The maximum Gasteiger partial charge on any atom is 0.205 e. The number of nitrogens with zero attached hydrogens (tertiary/aromatic N) is 2. The van der Waals surface area contributed by atoms with Gasteiger partial charge < -0.3 is 0 Å². The molecule has 1 aromatic heterocycles. The molecule has 0 radical (unpaired) electrons. The van der Waals surface area contributed by atoms with E-state index in [0.717, 1.165) is 11.4 Å². The second kappa shape index (κ2) is 4.04. The van der Waals surface area contributed by atoms with E-state index in [0.29, 0.717) is 11.7 Å². The number of aryl methyl sites for hydroxylation is 1. The Morgan fingerprint density at radius 2 is 2.00 bits per heavy atom. The fourth-order valence-corrected chi connectivity index (χ4v) is 1.06. The Kier molecular flexibility index (Phi) is 3.02. The van der Waals surface area contributed by atoms with Crippen LogP contribution in [0, 0.1) is 18.8 Å². The first kappa shape index (κ1) is 9.73. The van der Waals surface area contributed by atoms with E-state index in [1.807, 2.05) is 13.0 Å². The average Bonchev–Trinajstić information content (AvgIpc) is 2.03. The van der Waals surface area contributed by atoms with Crippen molar-refractivity contribution in [1.82, 2.24) is 9.97 Å². The van der Waals surface area contributed by atoms with Crippen molar-refractivity contribution in [3.05, 3.63) is 23.3 Å². The molecule has 0 amide bonds. The van der Waals surface area contributed by atoms with Gasteiger partial charge in [-0.15, -0.1) is 0 Å². The number of hydrogen-bond donors (Lipinski definition) is 0. The molecule has 1 aromatic rings. The van der Waals surface area contributed by atoms with Crippen LogP contribution >= 0.6 is 0 Å². The summed E-state index contributed by atoms with van der Waals surface area (Å²) in [6, 6.07) is 2.01. The van der Waals surface area contributed by atoms with E-state index < -0.39 is 0 Å². The SMILES string of the molecule is CC#Cc1nc(C)cc(C(C)C)n1. The zero-order valence-electron chi connectivity index (χ0n) is 8.55. The lowest BCUT2D eigenvalue weighted by atomic mass is 10.1. The highest BCUT2D eigenvalue weighted by Crippen LogP contribution is 2.11. The third kappa shape index (κ3) is 2.55. The maximum atomic E-state index is 4.34. The van der Waals surface area contributed by atoms with Gasteiger partial charge in [0.2, 0.25) is 5.82 Å². The molecule has 0 saturated carbocycles. The van der Waals surface area contributed by atoms with Crippen LogP contribution in [0.5, 0.6) is 0 Å². The van der Waals surface area contributed by atoms with E-state index in [2.05, 4.69) is 35.7 Å². The van der Waals surface area contributed by atoms with Crippen molar-refractivity contribution in [1.29, 1.82) is 0 Å². The van der Waals surface area contributed by atoms with Crippen molar-refractivity contribution in [3.8, 4) is 11.8 Å². The van der Waals surface area contributed by atoms with Crippen molar-refractivity contribution >= 4 is 0 Å². The van der Waals surface area contributed by atoms with Crippen LogP contribution in [0.4, 0.5) is 0 Å². The standard InChI is InChI=1S/C11H14N2/c1-5-6-11-12-9(4)7-10(13-11)8(2)3/h7-8H,1-4H3. The van der Waals surface area contributed by atoms with Crippen LogP contribution in [0.25, 0.3) is 0 Å². The summed E-state index contributed by atoms with van der Waals surface area (Å²) in [7, 11) is 0. The molecule has 0 atom stereocenters. The normalized spacial score (nSPS) is 9.62. The van der Waals surface area contributed by atoms with Crippen LogP contribution in [0.1, 0.15) is 43.9 Å². The van der Waals surface area contributed by atoms with Crippen molar-refractivity contribution in [2.24, 2.45) is 0 Å². The molecule has 0 N–H and O–H groups in total. The third-order valence-electron chi connectivity index (χ3n) is 1.70. The zero-order chi connectivity index (χ0) is 9.84. The summed E-state index contributed by atoms with van der Waals surface area (Å²) in [5, 5.41) is 0. The molecule has 0 unspecified atom stereocenters. The summed E-state index contributed by atoms with van der Waals surface area (Å²) in [5.74, 6) is 6.73. The molecule has 0 aliphatic heterocycles. The molecule has 0 spiro atoms. The van der Waals surface area contributed by atoms with Gasteiger partial charge in [0.25, 0.3) is 0 Å². The minimum Gasteiger partial charge on any atom is -0.226 e. The third-order valence-corrected chi connectivity index (χ3v) is 1.70. The van der Waals surface area contributed by atoms with Gasteiger partial charge in [-0.1, -0.05) is 19.8 Å². The molecule has 0 aliphatic carbocycles. The van der Waals surface area contributed by atoms with Crippen LogP contribution in [0.15, 0.2) is 6.07 Å². The van der Waals surface area contributed by atoms with E-state index >= 15 is 0 Å². The minimum absolute atomic E-state index is 0.430. The second-order valence-corrected chi connectivity index (χ2v) is 3.29. The average molecular weight is 174 g/mol. The highest BCUT2D eigenvalue weighted by molar-refractivity contribution is 5.24. The summed E-state index contributed by atoms with van der Waals surface area (Å²) in [6.07, 6.45) is 0. The van der Waals surface area contributed by atoms with E-state index in [-0.39, 0.29) is 0 Å². The molecule has 2 nitrogen and oxygen atoms in total. The van der Waals surface area contributed by atoms with Crippen molar-refractivity contribution in [2.45, 2.75) is 33.6 Å². The Morgan fingerprint density at radius 1 is 1.31 bits per heavy atom. The molecule has 1 rings (SSSR count). The van der Waals surface area contributed by atoms with Gasteiger partial charge in [0, 0.05) is 11.4 Å². The lowest BCUT2D eigenvalue weighted by molar-refractivity contribution is 0.804. The number of hydrogen-bond acceptors (Lipinski definition) is 2. The van der Waals surface area contributed by atoms with Gasteiger partial charge in [-0.2, -0.15) is 0 Å². The van der Waals surface area contributed by atoms with E-state index in [1.165, 1.54) is 0 Å². The van der Waals surface area contributed by atoms with E-state index in [9.17, 15) is 0 Å². The first-order valence-electron chi connectivity index (χ1n) is 4.42. The molecular formula is C11H14N2. The molecule has 68 valence electrons. The fourth-order valence-electron chi connectivity index (χ4n) is 1.06. The molecule has 0 fully saturated rings. The Labute approximate surface area is 79.4 Å². The van der Waals surface area contributed by atoms with Crippen LogP contribution in [0.3, 0.4) is 0 Å². The Hall–Kier alpha value is -1.36. The largest absolute Gasteiger partial charge is 0.226 e. The quantitative estimate of drug-likeness (QED) is 0.610. The topological polar surface area (TPSA) is 25.8 Å². The summed E-state index contributed by atoms with van der Waals surface area (Å²) >= 11 is 0. The van der Waals surface area contributed by atoms with Gasteiger partial charge in [-0.05, 0) is 31.8 Å². The summed E-state index contributed by atoms with van der Waals surface area (Å²) in [4.78, 5) is 8.56. The van der Waals surface area contributed by atoms with Crippen LogP contribution < -0.4 is 0 Å². The summed E-state index contributed by atoms with van der Waals surface area (Å²) in [6.45, 7) is 7.99. The Balaban J connectivity index is 3.16. The highest BCUT2D eigenvalue weighted by Gasteiger charge is 2.03. The monoisotopic (exact) mass is 174 g/mol. The first-order valence-corrected chi connectivity index (χ1v) is 4.42. The lowest BCUT2D eigenvalue weighted by Crippen LogP contribution is -1.99. The smallest absolute Gasteiger partial charge is 0.205 e. The van der Waals surface area contributed by atoms with Gasteiger partial charge in [-0.3, -0.25) is 0 Å². The molecule has 2 heteroatoms. The van der Waals surface area contributed by atoms with Crippen molar-refractivity contribution < 1.29 is 0 Å². The van der Waals surface area contributed by atoms with Crippen molar-refractivity contribution in [3.63, 3.8) is 0 Å². The Bertz CT molecular complexity index is 356. The second-order valence-electron chi connectivity index (χ2n) is 3.29. The summed E-state index contributed by atoms with van der Waals surface area (Å²) in [5.41, 5.74) is 2.04. The zero-order valence-corrected chi connectivity index (χ0v) is 8.55. The Morgan fingerprint density at radius 3 is 2.54 bits per heavy atom. The highest BCUT2D eigenvalue weighted by atomic mass is 14.9. The van der Waals surface area contributed by atoms with Gasteiger partial charge >= 0.3 is 0 Å². The minimum atomic E-state index is 0.430. The molecular weight excluding hydrogens is 160 g/mol. The van der Waals surface area contributed by atoms with E-state index in [1.54, 1.807) is 6.92 Å². The van der Waals surface area contributed by atoms with E-state index in [4.69, 9.17) is 0 Å². The fraction of sp³-hybridized carbons (Fsp3) is 0.455. The molecule has 0 aliphatic rings. The van der Waals surface area contributed by atoms with Crippen molar-refractivity contribution in [2.75, 3.05) is 0 Å². The van der Waals surface area contributed by atoms with Gasteiger partial charge in [-0.25, -0.2) is 9.97 Å². The van der Waals surface area contributed by atoms with Gasteiger partial charge in [0.1, 0.15) is 0 Å². The van der Waals surface area contributed by atoms with Gasteiger partial charge in [0.05, 0.1) is 0 Å². The number of aromatic nitrogens is 2.